The minimum absolute atomic E-state index is 0.768. The van der Waals surface area contributed by atoms with Crippen molar-refractivity contribution < 1.29 is 4.74 Å². The lowest BCUT2D eigenvalue weighted by Gasteiger charge is -2.09. The smallest absolute Gasteiger partial charge is 0.205 e. The number of rotatable bonds is 2. The highest BCUT2D eigenvalue weighted by Crippen LogP contribution is 2.26. The van der Waals surface area contributed by atoms with Crippen LogP contribution >= 0.6 is 22.6 Å². The van der Waals surface area contributed by atoms with Crippen LogP contribution in [0.1, 0.15) is 0 Å². The van der Waals surface area contributed by atoms with Crippen LogP contribution in [0.25, 0.3) is 5.65 Å². The Morgan fingerprint density at radius 3 is 2.82 bits per heavy atom. The fourth-order valence-corrected chi connectivity index (χ4v) is 2.14. The predicted molar refractivity (Wildman–Crippen MR) is 74.4 cm³/mol. The van der Waals surface area contributed by atoms with Gasteiger partial charge in [0, 0.05) is 12.4 Å². The zero-order valence-electron chi connectivity index (χ0n) is 8.88. The second kappa shape index (κ2) is 4.37. The quantitative estimate of drug-likeness (QED) is 0.667. The molecule has 0 aliphatic carbocycles. The first-order valence-corrected chi connectivity index (χ1v) is 6.27. The molecule has 0 aliphatic rings. The van der Waals surface area contributed by atoms with Gasteiger partial charge in [0.15, 0.2) is 0 Å². The lowest BCUT2D eigenvalue weighted by Crippen LogP contribution is -1.93. The molecular formula is C13H9IN2O. The largest absolute Gasteiger partial charge is 0.439 e. The molecule has 4 heteroatoms. The molecule has 0 N–H and O–H groups in total. The van der Waals surface area contributed by atoms with Crippen molar-refractivity contribution in [3.8, 4) is 11.6 Å². The minimum Gasteiger partial charge on any atom is -0.439 e. The van der Waals surface area contributed by atoms with Crippen molar-refractivity contribution in [2.75, 3.05) is 0 Å². The molecule has 0 amide bonds. The summed E-state index contributed by atoms with van der Waals surface area (Å²) in [6.07, 6.45) is 3.65. The summed E-state index contributed by atoms with van der Waals surface area (Å²) in [7, 11) is 0. The molecule has 1 aromatic carbocycles. The number of ether oxygens (including phenoxy) is 1. The molecule has 2 heterocycles. The fraction of sp³-hybridized carbons (Fsp3) is 0. The van der Waals surface area contributed by atoms with Crippen LogP contribution in [0.3, 0.4) is 0 Å². The van der Waals surface area contributed by atoms with Crippen LogP contribution in [0, 0.1) is 3.57 Å². The van der Waals surface area contributed by atoms with Gasteiger partial charge >= 0.3 is 0 Å². The zero-order chi connectivity index (χ0) is 11.7. The molecule has 0 unspecified atom stereocenters. The molecular weight excluding hydrogens is 327 g/mol. The number of pyridine rings is 1. The Morgan fingerprint density at radius 1 is 1.06 bits per heavy atom. The molecule has 2 aromatic heterocycles. The maximum absolute atomic E-state index is 5.90. The van der Waals surface area contributed by atoms with Gasteiger partial charge in [-0.25, -0.2) is 4.98 Å². The Kier molecular flexibility index (Phi) is 2.72. The molecule has 0 atom stereocenters. The first-order chi connectivity index (χ1) is 8.34. The number of para-hydroxylation sites is 1. The molecule has 0 saturated carbocycles. The van der Waals surface area contributed by atoms with Crippen molar-refractivity contribution in [3.05, 3.63) is 58.4 Å². The first-order valence-electron chi connectivity index (χ1n) is 5.19. The summed E-state index contributed by atoms with van der Waals surface area (Å²) in [5.74, 6) is 1.62. The van der Waals surface area contributed by atoms with Gasteiger partial charge in [0.05, 0.1) is 3.57 Å². The summed E-state index contributed by atoms with van der Waals surface area (Å²) < 4.78 is 8.90. The second-order valence-corrected chi connectivity index (χ2v) is 4.71. The van der Waals surface area contributed by atoms with Crippen molar-refractivity contribution >= 4 is 28.2 Å². The average Bonchev–Trinajstić information content (AvgIpc) is 2.81. The van der Waals surface area contributed by atoms with Gasteiger partial charge < -0.3 is 4.74 Å². The summed E-state index contributed by atoms with van der Waals surface area (Å²) in [6.45, 7) is 0. The fourth-order valence-electron chi connectivity index (χ4n) is 1.64. The van der Waals surface area contributed by atoms with Crippen molar-refractivity contribution in [2.24, 2.45) is 0 Å². The van der Waals surface area contributed by atoms with E-state index in [0.717, 1.165) is 20.8 Å². The van der Waals surface area contributed by atoms with Crippen LogP contribution < -0.4 is 4.74 Å². The third-order valence-electron chi connectivity index (χ3n) is 2.44. The standard InChI is InChI=1S/C13H9IN2O/c14-10-4-1-2-5-11(10)17-13-7-3-6-12-15-8-9-16(12)13/h1-9H. The van der Waals surface area contributed by atoms with Crippen LogP contribution in [-0.4, -0.2) is 9.38 Å². The van der Waals surface area contributed by atoms with Crippen LogP contribution in [-0.2, 0) is 0 Å². The highest BCUT2D eigenvalue weighted by molar-refractivity contribution is 14.1. The number of hydrogen-bond acceptors (Lipinski definition) is 2. The topological polar surface area (TPSA) is 26.5 Å². The monoisotopic (exact) mass is 336 g/mol. The average molecular weight is 336 g/mol. The summed E-state index contributed by atoms with van der Waals surface area (Å²) in [5.41, 5.74) is 0.883. The van der Waals surface area contributed by atoms with Gasteiger partial charge in [0.2, 0.25) is 5.88 Å². The van der Waals surface area contributed by atoms with Gasteiger partial charge in [-0.1, -0.05) is 18.2 Å². The van der Waals surface area contributed by atoms with Crippen molar-refractivity contribution in [1.29, 1.82) is 0 Å². The molecule has 0 spiro atoms. The van der Waals surface area contributed by atoms with Gasteiger partial charge in [-0.3, -0.25) is 4.40 Å². The van der Waals surface area contributed by atoms with Gasteiger partial charge in [-0.05, 0) is 46.9 Å². The summed E-state index contributed by atoms with van der Waals surface area (Å²) in [5, 5.41) is 0. The molecule has 0 radical (unpaired) electrons. The molecule has 0 bridgehead atoms. The zero-order valence-corrected chi connectivity index (χ0v) is 11.0. The van der Waals surface area contributed by atoms with Crippen LogP contribution in [0.5, 0.6) is 11.6 Å². The highest BCUT2D eigenvalue weighted by atomic mass is 127. The number of halogens is 1. The third kappa shape index (κ3) is 2.00. The lowest BCUT2D eigenvalue weighted by molar-refractivity contribution is 0.453. The van der Waals surface area contributed by atoms with Crippen molar-refractivity contribution in [2.45, 2.75) is 0 Å². The van der Waals surface area contributed by atoms with E-state index < -0.39 is 0 Å². The second-order valence-electron chi connectivity index (χ2n) is 3.55. The van der Waals surface area contributed by atoms with E-state index in [4.69, 9.17) is 4.74 Å². The van der Waals surface area contributed by atoms with E-state index in [1.807, 2.05) is 53.1 Å². The van der Waals surface area contributed by atoms with Crippen LogP contribution in [0.4, 0.5) is 0 Å². The first kappa shape index (κ1) is 10.6. The Balaban J connectivity index is 2.06. The minimum atomic E-state index is 0.768. The summed E-state index contributed by atoms with van der Waals surface area (Å²) >= 11 is 2.26. The highest BCUT2D eigenvalue weighted by Gasteiger charge is 2.05. The molecule has 0 aliphatic heterocycles. The van der Waals surface area contributed by atoms with E-state index in [-0.39, 0.29) is 0 Å². The number of nitrogens with zero attached hydrogens (tertiary/aromatic N) is 2. The van der Waals surface area contributed by atoms with E-state index in [1.165, 1.54) is 0 Å². The molecule has 3 rings (SSSR count). The molecule has 0 saturated heterocycles. The number of imidazole rings is 1. The molecule has 3 aromatic rings. The maximum Gasteiger partial charge on any atom is 0.205 e. The maximum atomic E-state index is 5.90. The molecule has 0 fully saturated rings. The number of aromatic nitrogens is 2. The Hall–Kier alpha value is -1.56. The summed E-state index contributed by atoms with van der Waals surface area (Å²) in [6, 6.07) is 13.7. The Labute approximate surface area is 112 Å². The van der Waals surface area contributed by atoms with Crippen molar-refractivity contribution in [1.82, 2.24) is 9.38 Å². The Bertz CT molecular complexity index is 663. The van der Waals surface area contributed by atoms with E-state index in [0.29, 0.717) is 0 Å². The third-order valence-corrected chi connectivity index (χ3v) is 3.33. The Morgan fingerprint density at radius 2 is 1.94 bits per heavy atom. The van der Waals surface area contributed by atoms with Crippen molar-refractivity contribution in [3.63, 3.8) is 0 Å². The number of hydrogen-bond donors (Lipinski definition) is 0. The van der Waals surface area contributed by atoms with Crippen LogP contribution in [0.15, 0.2) is 54.9 Å². The SMILES string of the molecule is Ic1ccccc1Oc1cccc2nccn12. The predicted octanol–water partition coefficient (Wildman–Crippen LogP) is 3.73. The van der Waals surface area contributed by atoms with Crippen LogP contribution in [0.2, 0.25) is 0 Å². The molecule has 84 valence electrons. The number of fused-ring (bicyclic) bond motifs is 1. The van der Waals surface area contributed by atoms with Gasteiger partial charge in [-0.15, -0.1) is 0 Å². The summed E-state index contributed by atoms with van der Waals surface area (Å²) in [4.78, 5) is 4.22. The van der Waals surface area contributed by atoms with Gasteiger partial charge in [0.25, 0.3) is 0 Å². The normalized spacial score (nSPS) is 10.6. The van der Waals surface area contributed by atoms with E-state index in [9.17, 15) is 0 Å². The number of benzene rings is 1. The van der Waals surface area contributed by atoms with Gasteiger partial charge in [-0.2, -0.15) is 0 Å². The molecule has 3 nitrogen and oxygen atoms in total. The van der Waals surface area contributed by atoms with Gasteiger partial charge in [0.1, 0.15) is 11.4 Å². The van der Waals surface area contributed by atoms with E-state index in [2.05, 4.69) is 27.6 Å². The lowest BCUT2D eigenvalue weighted by atomic mass is 10.3. The van der Waals surface area contributed by atoms with E-state index in [1.54, 1.807) is 6.20 Å². The molecule has 17 heavy (non-hydrogen) atoms. The van der Waals surface area contributed by atoms with E-state index >= 15 is 0 Å².